The number of nitrogens with zero attached hydrogens (tertiary/aromatic N) is 2. The summed E-state index contributed by atoms with van der Waals surface area (Å²) in [6.45, 7) is 8.19. The van der Waals surface area contributed by atoms with Crippen LogP contribution in [0.1, 0.15) is 43.7 Å². The molecule has 0 aliphatic carbocycles. The zero-order valence-corrected chi connectivity index (χ0v) is 22.9. The van der Waals surface area contributed by atoms with Crippen LogP contribution in [-0.4, -0.2) is 48.4 Å². The number of carboxylic acid groups (broad SMARTS) is 1. The van der Waals surface area contributed by atoms with Gasteiger partial charge in [0.05, 0.1) is 29.6 Å². The van der Waals surface area contributed by atoms with Crippen molar-refractivity contribution in [2.24, 2.45) is 0 Å². The summed E-state index contributed by atoms with van der Waals surface area (Å²) < 4.78 is 62.9. The highest BCUT2D eigenvalue weighted by Gasteiger charge is 2.43. The molecule has 2 aromatic carbocycles. The summed E-state index contributed by atoms with van der Waals surface area (Å²) in [7, 11) is -4.17. The van der Waals surface area contributed by atoms with E-state index in [-0.39, 0.29) is 23.4 Å². The molecule has 2 heterocycles. The van der Waals surface area contributed by atoms with Gasteiger partial charge in [0.15, 0.2) is 6.10 Å². The van der Waals surface area contributed by atoms with Crippen molar-refractivity contribution in [3.63, 3.8) is 0 Å². The number of hydrogen-bond acceptors (Lipinski definition) is 4. The SMILES string of the molecule is Cc1c([C@H](OC(C)(C)C)C(=O)O)c(-c2ccc(Cl)cc2)c2cc(C)n3c2c1N(S(C)(=O)=O)[C@@H](C(F)F)C3. The van der Waals surface area contributed by atoms with E-state index in [0.29, 0.717) is 32.7 Å². The molecule has 1 aliphatic heterocycles. The van der Waals surface area contributed by atoms with Crippen LogP contribution in [0.15, 0.2) is 30.3 Å². The second kappa shape index (κ2) is 9.25. The smallest absolute Gasteiger partial charge is 0.337 e. The Morgan fingerprint density at radius 3 is 2.27 bits per heavy atom. The number of aryl methyl sites for hydroxylation is 1. The third-order valence-electron chi connectivity index (χ3n) is 6.46. The first-order valence-electron chi connectivity index (χ1n) is 11.6. The molecule has 2 atom stereocenters. The normalized spacial score (nSPS) is 17.0. The second-order valence-corrected chi connectivity index (χ2v) is 12.6. The Labute approximate surface area is 219 Å². The number of sulfonamides is 1. The maximum Gasteiger partial charge on any atom is 0.337 e. The highest BCUT2D eigenvalue weighted by molar-refractivity contribution is 7.92. The summed E-state index contributed by atoms with van der Waals surface area (Å²) in [5.74, 6) is -1.29. The van der Waals surface area contributed by atoms with Crippen molar-refractivity contribution in [3.05, 3.63) is 52.2 Å². The fourth-order valence-corrected chi connectivity index (χ4v) is 6.46. The second-order valence-electron chi connectivity index (χ2n) is 10.3. The van der Waals surface area contributed by atoms with Crippen molar-refractivity contribution in [1.29, 1.82) is 0 Å². The maximum absolute atomic E-state index is 14.3. The molecule has 4 rings (SSSR count). The van der Waals surface area contributed by atoms with Gasteiger partial charge in [0, 0.05) is 21.7 Å². The molecule has 1 aliphatic rings. The fourth-order valence-electron chi connectivity index (χ4n) is 5.13. The molecule has 0 amide bonds. The molecule has 7 nitrogen and oxygen atoms in total. The van der Waals surface area contributed by atoms with E-state index in [4.69, 9.17) is 16.3 Å². The number of rotatable bonds is 6. The van der Waals surface area contributed by atoms with Gasteiger partial charge in [-0.3, -0.25) is 4.31 Å². The quantitative estimate of drug-likeness (QED) is 0.408. The molecule has 0 saturated heterocycles. The van der Waals surface area contributed by atoms with Crippen LogP contribution in [0.5, 0.6) is 0 Å². The molecule has 1 aromatic heterocycles. The van der Waals surface area contributed by atoms with Crippen LogP contribution in [0.4, 0.5) is 14.5 Å². The van der Waals surface area contributed by atoms with Gasteiger partial charge < -0.3 is 14.4 Å². The molecule has 0 fully saturated rings. The van der Waals surface area contributed by atoms with Crippen molar-refractivity contribution in [3.8, 4) is 11.1 Å². The fraction of sp³-hybridized carbons (Fsp3) is 0.423. The molecule has 0 saturated carbocycles. The highest BCUT2D eigenvalue weighted by atomic mass is 35.5. The number of ether oxygens (including phenoxy) is 1. The van der Waals surface area contributed by atoms with Gasteiger partial charge in [-0.15, -0.1) is 0 Å². The average Bonchev–Trinajstić information content (AvgIpc) is 3.09. The van der Waals surface area contributed by atoms with Gasteiger partial charge in [0.2, 0.25) is 10.0 Å². The topological polar surface area (TPSA) is 88.8 Å². The van der Waals surface area contributed by atoms with Crippen LogP contribution in [0.2, 0.25) is 5.02 Å². The lowest BCUT2D eigenvalue weighted by molar-refractivity contribution is -0.160. The minimum atomic E-state index is -4.17. The highest BCUT2D eigenvalue weighted by Crippen LogP contribution is 2.49. The van der Waals surface area contributed by atoms with E-state index < -0.39 is 40.2 Å². The number of halogens is 3. The predicted octanol–water partition coefficient (Wildman–Crippen LogP) is 5.93. The van der Waals surface area contributed by atoms with Crippen molar-refractivity contribution >= 4 is 44.2 Å². The number of aromatic nitrogens is 1. The van der Waals surface area contributed by atoms with E-state index >= 15 is 0 Å². The van der Waals surface area contributed by atoms with E-state index in [1.54, 1.807) is 69.5 Å². The molecule has 0 spiro atoms. The van der Waals surface area contributed by atoms with Gasteiger partial charge in [-0.05, 0) is 69.5 Å². The van der Waals surface area contributed by atoms with E-state index in [1.807, 2.05) is 0 Å². The lowest BCUT2D eigenvalue weighted by Gasteiger charge is -2.39. The van der Waals surface area contributed by atoms with E-state index in [9.17, 15) is 27.1 Å². The number of aliphatic carboxylic acids is 1. The van der Waals surface area contributed by atoms with Gasteiger partial charge in [0.25, 0.3) is 6.43 Å². The third kappa shape index (κ3) is 4.82. The van der Waals surface area contributed by atoms with Gasteiger partial charge in [-0.25, -0.2) is 22.0 Å². The Hall–Kier alpha value is -2.69. The van der Waals surface area contributed by atoms with Crippen LogP contribution in [-0.2, 0) is 26.1 Å². The number of anilines is 1. The Balaban J connectivity index is 2.24. The number of hydrogen-bond donors (Lipinski definition) is 1. The summed E-state index contributed by atoms with van der Waals surface area (Å²) >= 11 is 6.12. The van der Waals surface area contributed by atoms with Gasteiger partial charge in [0.1, 0.15) is 6.04 Å². The Morgan fingerprint density at radius 2 is 1.78 bits per heavy atom. The molecule has 0 radical (unpaired) electrons. The summed E-state index contributed by atoms with van der Waals surface area (Å²) in [6.07, 6.45) is -3.60. The van der Waals surface area contributed by atoms with Crippen LogP contribution >= 0.6 is 11.6 Å². The van der Waals surface area contributed by atoms with Crippen LogP contribution < -0.4 is 4.31 Å². The number of alkyl halides is 2. The lowest BCUT2D eigenvalue weighted by atomic mass is 9.87. The minimum absolute atomic E-state index is 0.0404. The molecule has 3 aromatic rings. The minimum Gasteiger partial charge on any atom is -0.479 e. The molecule has 0 bridgehead atoms. The monoisotopic (exact) mass is 554 g/mol. The predicted molar refractivity (Wildman–Crippen MR) is 140 cm³/mol. The number of carbonyl (C=O) groups is 1. The zero-order valence-electron chi connectivity index (χ0n) is 21.3. The van der Waals surface area contributed by atoms with Gasteiger partial charge in [-0.1, -0.05) is 23.7 Å². The zero-order chi connectivity index (χ0) is 27.6. The van der Waals surface area contributed by atoms with Crippen molar-refractivity contribution < 1.29 is 31.8 Å². The summed E-state index contributed by atoms with van der Waals surface area (Å²) in [5, 5.41) is 11.3. The van der Waals surface area contributed by atoms with Gasteiger partial charge in [-0.2, -0.15) is 0 Å². The number of benzene rings is 2. The Morgan fingerprint density at radius 1 is 1.19 bits per heavy atom. The van der Waals surface area contributed by atoms with Crippen molar-refractivity contribution in [2.75, 3.05) is 10.6 Å². The Kier molecular flexibility index (Phi) is 6.84. The Bertz CT molecular complexity index is 1490. The van der Waals surface area contributed by atoms with E-state index in [1.165, 1.54) is 0 Å². The van der Waals surface area contributed by atoms with E-state index in [0.717, 1.165) is 10.6 Å². The van der Waals surface area contributed by atoms with Crippen LogP contribution in [0.25, 0.3) is 22.0 Å². The molecule has 11 heteroatoms. The van der Waals surface area contributed by atoms with Crippen LogP contribution in [0, 0.1) is 13.8 Å². The maximum atomic E-state index is 14.3. The van der Waals surface area contributed by atoms with Crippen molar-refractivity contribution in [2.45, 2.75) is 65.3 Å². The average molecular weight is 555 g/mol. The molecule has 1 N–H and O–H groups in total. The molecule has 37 heavy (non-hydrogen) atoms. The largest absolute Gasteiger partial charge is 0.479 e. The first-order valence-corrected chi connectivity index (χ1v) is 13.9. The lowest BCUT2D eigenvalue weighted by Crippen LogP contribution is -2.49. The van der Waals surface area contributed by atoms with Crippen molar-refractivity contribution in [1.82, 2.24) is 4.57 Å². The van der Waals surface area contributed by atoms with E-state index in [2.05, 4.69) is 0 Å². The third-order valence-corrected chi connectivity index (χ3v) is 7.88. The first-order chi connectivity index (χ1) is 17.0. The van der Waals surface area contributed by atoms with Crippen LogP contribution in [0.3, 0.4) is 0 Å². The summed E-state index contributed by atoms with van der Waals surface area (Å²) in [4.78, 5) is 12.6. The molecular weight excluding hydrogens is 526 g/mol. The molecule has 200 valence electrons. The summed E-state index contributed by atoms with van der Waals surface area (Å²) in [6, 6.07) is 6.94. The molecule has 0 unspecified atom stereocenters. The summed E-state index contributed by atoms with van der Waals surface area (Å²) in [5.41, 5.74) is 1.85. The van der Waals surface area contributed by atoms with Gasteiger partial charge >= 0.3 is 5.97 Å². The molecular formula is C26H29ClF2N2O5S. The standard InChI is InChI=1S/C26H29ClF2N2O5S/c1-13-11-17-20(15-7-9-16(27)10-8-15)19(23(25(32)33)36-26(3,4)5)14(2)21-22(17)30(13)12-18(24(28)29)31(21)37(6,34)35/h7-11,18,23-24H,12H2,1-6H3,(H,32,33)/t18-,23+/m1/s1. The first kappa shape index (κ1) is 27.3. The number of carboxylic acids is 1.